The standard InChI is InChI=1S/C25H29N5O2/c1-4-17(3)24(31)23-21(25(32)28-12-11-27-22-9-10-26-16-30-22)14-20(15-29-23)19-8-6-7-18(5-2)13-19/h6-10,13-17H,4-5,11-12H2,1-3H3,(H,28,32)(H,26,27,30)/t17-/m0/s1. The van der Waals surface area contributed by atoms with Crippen LogP contribution < -0.4 is 10.6 Å². The van der Waals surface area contributed by atoms with Gasteiger partial charge in [-0.25, -0.2) is 9.97 Å². The molecule has 0 saturated carbocycles. The highest BCUT2D eigenvalue weighted by atomic mass is 16.2. The Morgan fingerprint density at radius 3 is 2.59 bits per heavy atom. The maximum atomic E-state index is 13.0. The fraction of sp³-hybridized carbons (Fsp3) is 0.320. The summed E-state index contributed by atoms with van der Waals surface area (Å²) in [6, 6.07) is 11.6. The van der Waals surface area contributed by atoms with E-state index in [0.29, 0.717) is 30.9 Å². The summed E-state index contributed by atoms with van der Waals surface area (Å²) >= 11 is 0. The molecule has 0 saturated heterocycles. The van der Waals surface area contributed by atoms with Crippen LogP contribution in [-0.2, 0) is 6.42 Å². The first-order valence-corrected chi connectivity index (χ1v) is 10.9. The molecule has 0 bridgehead atoms. The molecule has 0 aliphatic heterocycles. The fourth-order valence-corrected chi connectivity index (χ4v) is 3.24. The summed E-state index contributed by atoms with van der Waals surface area (Å²) in [5, 5.41) is 6.00. The van der Waals surface area contributed by atoms with Crippen molar-refractivity contribution in [1.29, 1.82) is 0 Å². The number of hydrogen-bond acceptors (Lipinski definition) is 6. The Bertz CT molecular complexity index is 1070. The van der Waals surface area contributed by atoms with E-state index in [9.17, 15) is 9.59 Å². The highest BCUT2D eigenvalue weighted by Crippen LogP contribution is 2.24. The van der Waals surface area contributed by atoms with E-state index in [-0.39, 0.29) is 23.3 Å². The average molecular weight is 432 g/mol. The largest absolute Gasteiger partial charge is 0.368 e. The van der Waals surface area contributed by atoms with Gasteiger partial charge < -0.3 is 10.6 Å². The molecular formula is C25H29N5O2. The topological polar surface area (TPSA) is 96.9 Å². The molecule has 1 atom stereocenters. The minimum absolute atomic E-state index is 0.120. The van der Waals surface area contributed by atoms with Crippen LogP contribution in [0.2, 0.25) is 0 Å². The fourth-order valence-electron chi connectivity index (χ4n) is 3.24. The van der Waals surface area contributed by atoms with Gasteiger partial charge in [0.25, 0.3) is 5.91 Å². The number of anilines is 1. The van der Waals surface area contributed by atoms with Crippen molar-refractivity contribution in [2.45, 2.75) is 33.6 Å². The predicted octanol–water partition coefficient (Wildman–Crippen LogP) is 4.17. The van der Waals surface area contributed by atoms with E-state index in [2.05, 4.69) is 44.6 Å². The molecule has 1 amide bonds. The molecule has 3 rings (SSSR count). The number of aromatic nitrogens is 3. The number of hydrogen-bond donors (Lipinski definition) is 2. The summed E-state index contributed by atoms with van der Waals surface area (Å²) in [6.07, 6.45) is 6.38. The van der Waals surface area contributed by atoms with Gasteiger partial charge in [0.2, 0.25) is 0 Å². The molecule has 7 heteroatoms. The van der Waals surface area contributed by atoms with Gasteiger partial charge in [-0.2, -0.15) is 0 Å². The predicted molar refractivity (Wildman–Crippen MR) is 126 cm³/mol. The van der Waals surface area contributed by atoms with Crippen LogP contribution >= 0.6 is 0 Å². The van der Waals surface area contributed by atoms with Gasteiger partial charge in [-0.1, -0.05) is 45.0 Å². The molecule has 0 unspecified atom stereocenters. The number of nitrogens with zero attached hydrogens (tertiary/aromatic N) is 3. The zero-order valence-electron chi connectivity index (χ0n) is 18.8. The number of Topliss-reactive ketones (excluding diaryl/α,β-unsaturated/α-hetero) is 1. The van der Waals surface area contributed by atoms with Gasteiger partial charge in [0.05, 0.1) is 5.56 Å². The third-order valence-corrected chi connectivity index (χ3v) is 5.39. The lowest BCUT2D eigenvalue weighted by Gasteiger charge is -2.14. The average Bonchev–Trinajstić information content (AvgIpc) is 2.85. The third kappa shape index (κ3) is 5.75. The van der Waals surface area contributed by atoms with Crippen LogP contribution in [0.15, 0.2) is 55.1 Å². The lowest BCUT2D eigenvalue weighted by molar-refractivity contribution is 0.0899. The maximum absolute atomic E-state index is 13.0. The highest BCUT2D eigenvalue weighted by Gasteiger charge is 2.23. The van der Waals surface area contributed by atoms with Crippen molar-refractivity contribution in [3.05, 3.63) is 71.9 Å². The molecule has 0 aliphatic carbocycles. The molecule has 2 heterocycles. The molecule has 0 spiro atoms. The van der Waals surface area contributed by atoms with E-state index in [1.54, 1.807) is 24.5 Å². The van der Waals surface area contributed by atoms with Crippen molar-refractivity contribution in [3.8, 4) is 11.1 Å². The van der Waals surface area contributed by atoms with Gasteiger partial charge in [-0.15, -0.1) is 0 Å². The Morgan fingerprint density at radius 1 is 1.03 bits per heavy atom. The van der Waals surface area contributed by atoms with Crippen molar-refractivity contribution in [1.82, 2.24) is 20.3 Å². The van der Waals surface area contributed by atoms with Crippen molar-refractivity contribution >= 4 is 17.5 Å². The second-order valence-corrected chi connectivity index (χ2v) is 7.62. The molecular weight excluding hydrogens is 402 g/mol. The number of carbonyl (C=O) groups excluding carboxylic acids is 2. The second-order valence-electron chi connectivity index (χ2n) is 7.62. The molecule has 0 aliphatic rings. The van der Waals surface area contributed by atoms with E-state index >= 15 is 0 Å². The number of aryl methyl sites for hydroxylation is 1. The summed E-state index contributed by atoms with van der Waals surface area (Å²) in [7, 11) is 0. The van der Waals surface area contributed by atoms with Crippen molar-refractivity contribution in [2.24, 2.45) is 5.92 Å². The number of pyridine rings is 1. The van der Waals surface area contributed by atoms with Crippen LogP contribution in [0.1, 0.15) is 53.6 Å². The van der Waals surface area contributed by atoms with Gasteiger partial charge >= 0.3 is 0 Å². The molecule has 166 valence electrons. The lowest BCUT2D eigenvalue weighted by Crippen LogP contribution is -2.31. The molecule has 0 fully saturated rings. The first-order valence-electron chi connectivity index (χ1n) is 10.9. The number of nitrogens with one attached hydrogen (secondary N) is 2. The van der Waals surface area contributed by atoms with E-state index in [4.69, 9.17) is 0 Å². The molecule has 32 heavy (non-hydrogen) atoms. The first kappa shape index (κ1) is 23.1. The number of ketones is 1. The Balaban J connectivity index is 1.82. The van der Waals surface area contributed by atoms with E-state index in [0.717, 1.165) is 17.5 Å². The van der Waals surface area contributed by atoms with Gasteiger partial charge in [0, 0.05) is 37.0 Å². The van der Waals surface area contributed by atoms with Crippen molar-refractivity contribution in [3.63, 3.8) is 0 Å². The van der Waals surface area contributed by atoms with Crippen LogP contribution in [0.4, 0.5) is 5.82 Å². The minimum atomic E-state index is -0.317. The summed E-state index contributed by atoms with van der Waals surface area (Å²) in [5.74, 6) is 0.0388. The summed E-state index contributed by atoms with van der Waals surface area (Å²) in [6.45, 7) is 6.76. The summed E-state index contributed by atoms with van der Waals surface area (Å²) in [4.78, 5) is 38.3. The quantitative estimate of drug-likeness (QED) is 0.369. The summed E-state index contributed by atoms with van der Waals surface area (Å²) in [5.41, 5.74) is 3.50. The Kier molecular flexibility index (Phi) is 8.02. The summed E-state index contributed by atoms with van der Waals surface area (Å²) < 4.78 is 0. The first-order chi connectivity index (χ1) is 15.5. The smallest absolute Gasteiger partial charge is 0.253 e. The highest BCUT2D eigenvalue weighted by molar-refractivity contribution is 6.08. The number of rotatable bonds is 10. The normalized spacial score (nSPS) is 11.6. The van der Waals surface area contributed by atoms with Gasteiger partial charge in [0.15, 0.2) is 5.78 Å². The van der Waals surface area contributed by atoms with Crippen LogP contribution in [-0.4, -0.2) is 39.7 Å². The zero-order valence-corrected chi connectivity index (χ0v) is 18.8. The van der Waals surface area contributed by atoms with E-state index in [1.165, 1.54) is 11.9 Å². The number of benzene rings is 1. The van der Waals surface area contributed by atoms with Gasteiger partial charge in [-0.3, -0.25) is 14.6 Å². The monoisotopic (exact) mass is 431 g/mol. The van der Waals surface area contributed by atoms with Crippen molar-refractivity contribution in [2.75, 3.05) is 18.4 Å². The molecule has 2 aromatic heterocycles. The molecule has 7 nitrogen and oxygen atoms in total. The van der Waals surface area contributed by atoms with Crippen LogP contribution in [0.3, 0.4) is 0 Å². The van der Waals surface area contributed by atoms with Gasteiger partial charge in [-0.05, 0) is 36.1 Å². The Morgan fingerprint density at radius 2 is 1.88 bits per heavy atom. The molecule has 2 N–H and O–H groups in total. The zero-order chi connectivity index (χ0) is 22.9. The van der Waals surface area contributed by atoms with Gasteiger partial charge in [0.1, 0.15) is 17.8 Å². The molecule has 0 radical (unpaired) electrons. The lowest BCUT2D eigenvalue weighted by atomic mass is 9.95. The van der Waals surface area contributed by atoms with Crippen LogP contribution in [0.5, 0.6) is 0 Å². The maximum Gasteiger partial charge on any atom is 0.253 e. The Labute approximate surface area is 188 Å². The molecule has 3 aromatic rings. The van der Waals surface area contributed by atoms with Crippen LogP contribution in [0, 0.1) is 5.92 Å². The second kappa shape index (κ2) is 11.1. The number of amides is 1. The Hall–Kier alpha value is -3.61. The van der Waals surface area contributed by atoms with Crippen molar-refractivity contribution < 1.29 is 9.59 Å². The van der Waals surface area contributed by atoms with E-state index in [1.807, 2.05) is 26.0 Å². The SMILES string of the molecule is CCc1cccc(-c2cnc(C(=O)[C@@H](C)CC)c(C(=O)NCCNc3ccncn3)c2)c1. The third-order valence-electron chi connectivity index (χ3n) is 5.39. The molecule has 1 aromatic carbocycles. The minimum Gasteiger partial charge on any atom is -0.368 e. The number of carbonyl (C=O) groups is 2. The van der Waals surface area contributed by atoms with E-state index < -0.39 is 0 Å². The van der Waals surface area contributed by atoms with Crippen LogP contribution in [0.25, 0.3) is 11.1 Å².